The van der Waals surface area contributed by atoms with E-state index in [0.717, 1.165) is 53.0 Å². The van der Waals surface area contributed by atoms with Crippen LogP contribution < -0.4 is 0 Å². The van der Waals surface area contributed by atoms with Gasteiger partial charge in [-0.15, -0.1) is 0 Å². The Labute approximate surface area is 164 Å². The Morgan fingerprint density at radius 3 is 2.71 bits per heavy atom. The Morgan fingerprint density at radius 2 is 1.89 bits per heavy atom. The average molecular weight is 379 g/mol. The normalized spacial score (nSPS) is 15.0. The number of furan rings is 1. The van der Waals surface area contributed by atoms with Gasteiger partial charge in [-0.25, -0.2) is 0 Å². The van der Waals surface area contributed by atoms with E-state index in [1.54, 1.807) is 11.2 Å². The molecule has 0 radical (unpaired) electrons. The summed E-state index contributed by atoms with van der Waals surface area (Å²) in [6, 6.07) is 12.2. The lowest BCUT2D eigenvalue weighted by Gasteiger charge is -2.31. The van der Waals surface area contributed by atoms with Crippen LogP contribution in [0.25, 0.3) is 21.7 Å². The molecule has 146 valence electrons. The monoisotopic (exact) mass is 379 g/mol. The second-order valence-electron chi connectivity index (χ2n) is 7.55. The van der Waals surface area contributed by atoms with Crippen LogP contribution in [0.5, 0.6) is 0 Å². The Hall–Kier alpha value is -2.82. The maximum atomic E-state index is 12.4. The number of hydrogen-bond acceptors (Lipinski definition) is 4. The second-order valence-corrected chi connectivity index (χ2v) is 7.55. The minimum absolute atomic E-state index is 0.0848. The van der Waals surface area contributed by atoms with Gasteiger partial charge in [0.1, 0.15) is 5.58 Å². The summed E-state index contributed by atoms with van der Waals surface area (Å²) in [5, 5.41) is 3.07. The molecule has 4 rings (SSSR count). The van der Waals surface area contributed by atoms with Gasteiger partial charge in [-0.1, -0.05) is 49.6 Å². The molecule has 1 saturated carbocycles. The van der Waals surface area contributed by atoms with E-state index in [1.165, 1.54) is 6.42 Å². The van der Waals surface area contributed by atoms with Crippen molar-refractivity contribution in [3.63, 3.8) is 0 Å². The lowest BCUT2D eigenvalue weighted by Crippen LogP contribution is -2.40. The first-order valence-corrected chi connectivity index (χ1v) is 9.92. The number of benzene rings is 2. The molecule has 0 bridgehead atoms. The van der Waals surface area contributed by atoms with Gasteiger partial charge in [-0.3, -0.25) is 9.59 Å². The lowest BCUT2D eigenvalue weighted by molar-refractivity contribution is -0.152. The minimum atomic E-state index is -0.416. The van der Waals surface area contributed by atoms with Crippen LogP contribution in [0.15, 0.2) is 47.1 Å². The molecule has 28 heavy (non-hydrogen) atoms. The van der Waals surface area contributed by atoms with Crippen molar-refractivity contribution in [1.82, 2.24) is 4.90 Å². The number of esters is 1. The first kappa shape index (κ1) is 18.5. The lowest BCUT2D eigenvalue weighted by atomic mass is 9.94. The number of likely N-dealkylation sites (N-methyl/N-ethyl adjacent to an activating group) is 1. The molecule has 0 unspecified atom stereocenters. The second kappa shape index (κ2) is 8.05. The van der Waals surface area contributed by atoms with E-state index in [0.29, 0.717) is 0 Å². The number of fused-ring (bicyclic) bond motifs is 3. The Bertz CT molecular complexity index is 1000. The molecule has 1 aromatic heterocycles. The van der Waals surface area contributed by atoms with Gasteiger partial charge >= 0.3 is 5.97 Å². The van der Waals surface area contributed by atoms with E-state index >= 15 is 0 Å². The molecule has 5 nitrogen and oxygen atoms in total. The summed E-state index contributed by atoms with van der Waals surface area (Å²) in [5.74, 6) is -0.552. The van der Waals surface area contributed by atoms with Gasteiger partial charge in [-0.05, 0) is 29.7 Å². The average Bonchev–Trinajstić information content (AvgIpc) is 3.15. The van der Waals surface area contributed by atoms with Gasteiger partial charge in [0.25, 0.3) is 5.91 Å². The number of carbonyl (C=O) groups excluding carboxylic acids is 2. The fraction of sp³-hybridized carbons (Fsp3) is 0.391. The Kier molecular flexibility index (Phi) is 5.33. The van der Waals surface area contributed by atoms with Crippen molar-refractivity contribution in [3.8, 4) is 0 Å². The molecule has 0 N–H and O–H groups in total. The quantitative estimate of drug-likeness (QED) is 0.614. The van der Waals surface area contributed by atoms with Gasteiger partial charge in [0.15, 0.2) is 6.61 Å². The molecule has 1 aliphatic rings. The van der Waals surface area contributed by atoms with Crippen LogP contribution in [0.3, 0.4) is 0 Å². The van der Waals surface area contributed by atoms with Gasteiger partial charge in [0.2, 0.25) is 0 Å². The maximum Gasteiger partial charge on any atom is 0.310 e. The SMILES string of the molecule is CN(C(=O)COC(=O)Cc1coc2ccc3ccccc3c12)C1CCCCC1. The summed E-state index contributed by atoms with van der Waals surface area (Å²) in [6.45, 7) is -0.206. The zero-order chi connectivity index (χ0) is 19.5. The third-order valence-electron chi connectivity index (χ3n) is 5.75. The summed E-state index contributed by atoms with van der Waals surface area (Å²) in [5.41, 5.74) is 1.53. The standard InChI is InChI=1S/C23H25NO4/c1-24(18-8-3-2-4-9-18)21(25)15-28-22(26)13-17-14-27-20-12-11-16-7-5-6-10-19(16)23(17)20/h5-7,10-12,14,18H,2-4,8-9,13,15H2,1H3. The number of nitrogens with zero attached hydrogens (tertiary/aromatic N) is 1. The predicted molar refractivity (Wildman–Crippen MR) is 108 cm³/mol. The van der Waals surface area contributed by atoms with Crippen LogP contribution in [-0.2, 0) is 20.7 Å². The highest BCUT2D eigenvalue weighted by atomic mass is 16.5. The fourth-order valence-corrected chi connectivity index (χ4v) is 4.13. The number of rotatable bonds is 5. The molecule has 0 atom stereocenters. The summed E-state index contributed by atoms with van der Waals surface area (Å²) < 4.78 is 10.9. The van der Waals surface area contributed by atoms with Crippen LogP contribution in [-0.4, -0.2) is 36.5 Å². The van der Waals surface area contributed by atoms with E-state index in [1.807, 2.05) is 43.4 Å². The highest BCUT2D eigenvalue weighted by Gasteiger charge is 2.23. The van der Waals surface area contributed by atoms with Crippen molar-refractivity contribution in [3.05, 3.63) is 48.2 Å². The zero-order valence-electron chi connectivity index (χ0n) is 16.1. The van der Waals surface area contributed by atoms with Gasteiger partial charge in [-0.2, -0.15) is 0 Å². The van der Waals surface area contributed by atoms with Crippen LogP contribution in [0, 0.1) is 0 Å². The number of carbonyl (C=O) groups is 2. The van der Waals surface area contributed by atoms with Crippen molar-refractivity contribution in [1.29, 1.82) is 0 Å². The van der Waals surface area contributed by atoms with E-state index in [9.17, 15) is 9.59 Å². The highest BCUT2D eigenvalue weighted by Crippen LogP contribution is 2.30. The maximum absolute atomic E-state index is 12.4. The molecule has 5 heteroatoms. The Balaban J connectivity index is 1.41. The van der Waals surface area contributed by atoms with Gasteiger partial charge in [0.05, 0.1) is 12.7 Å². The molecule has 1 heterocycles. The van der Waals surface area contributed by atoms with Gasteiger partial charge < -0.3 is 14.1 Å². The summed E-state index contributed by atoms with van der Waals surface area (Å²) in [7, 11) is 1.81. The first-order valence-electron chi connectivity index (χ1n) is 9.92. The number of hydrogen-bond donors (Lipinski definition) is 0. The Morgan fingerprint density at radius 1 is 1.11 bits per heavy atom. The van der Waals surface area contributed by atoms with Crippen molar-refractivity contribution < 1.29 is 18.7 Å². The summed E-state index contributed by atoms with van der Waals surface area (Å²) in [6.07, 6.45) is 7.30. The van der Waals surface area contributed by atoms with Gasteiger partial charge in [0, 0.05) is 24.0 Å². The molecule has 0 spiro atoms. The smallest absolute Gasteiger partial charge is 0.310 e. The highest BCUT2D eigenvalue weighted by molar-refractivity contribution is 6.08. The number of amides is 1. The van der Waals surface area contributed by atoms with Crippen LogP contribution in [0.1, 0.15) is 37.7 Å². The molecule has 3 aromatic rings. The fourth-order valence-electron chi connectivity index (χ4n) is 4.13. The first-order chi connectivity index (χ1) is 13.6. The van der Waals surface area contributed by atoms with Crippen molar-refractivity contribution >= 4 is 33.6 Å². The zero-order valence-corrected chi connectivity index (χ0v) is 16.1. The van der Waals surface area contributed by atoms with Crippen LogP contribution >= 0.6 is 0 Å². The molecule has 0 saturated heterocycles. The van der Waals surface area contributed by atoms with Crippen molar-refractivity contribution in [2.75, 3.05) is 13.7 Å². The predicted octanol–water partition coefficient (Wildman–Crippen LogP) is 4.46. The summed E-state index contributed by atoms with van der Waals surface area (Å²) in [4.78, 5) is 26.5. The molecular formula is C23H25NO4. The number of ether oxygens (including phenoxy) is 1. The van der Waals surface area contributed by atoms with E-state index in [-0.39, 0.29) is 25.0 Å². The molecule has 0 aliphatic heterocycles. The minimum Gasteiger partial charge on any atom is -0.464 e. The summed E-state index contributed by atoms with van der Waals surface area (Å²) >= 11 is 0. The largest absolute Gasteiger partial charge is 0.464 e. The molecule has 2 aromatic carbocycles. The molecular weight excluding hydrogens is 354 g/mol. The molecule has 1 amide bonds. The van der Waals surface area contributed by atoms with E-state index in [2.05, 4.69) is 0 Å². The van der Waals surface area contributed by atoms with E-state index in [4.69, 9.17) is 9.15 Å². The molecule has 1 aliphatic carbocycles. The van der Waals surface area contributed by atoms with Crippen LogP contribution in [0.2, 0.25) is 0 Å². The topological polar surface area (TPSA) is 59.8 Å². The van der Waals surface area contributed by atoms with Crippen molar-refractivity contribution in [2.24, 2.45) is 0 Å². The third-order valence-corrected chi connectivity index (χ3v) is 5.75. The third kappa shape index (κ3) is 3.75. The van der Waals surface area contributed by atoms with E-state index < -0.39 is 5.97 Å². The molecule has 1 fully saturated rings. The van der Waals surface area contributed by atoms with Crippen LogP contribution in [0.4, 0.5) is 0 Å². The van der Waals surface area contributed by atoms with Crippen molar-refractivity contribution in [2.45, 2.75) is 44.6 Å².